The van der Waals surface area contributed by atoms with Crippen molar-refractivity contribution in [2.45, 2.75) is 45.1 Å². The third-order valence-corrected chi connectivity index (χ3v) is 4.44. The lowest BCUT2D eigenvalue weighted by Gasteiger charge is -2.26. The summed E-state index contributed by atoms with van der Waals surface area (Å²) in [4.78, 5) is 7.82. The van der Waals surface area contributed by atoms with Gasteiger partial charge in [0.2, 0.25) is 0 Å². The second-order valence-corrected chi connectivity index (χ2v) is 5.99. The zero-order valence-electron chi connectivity index (χ0n) is 13.4. The summed E-state index contributed by atoms with van der Waals surface area (Å²) in [5.74, 6) is 0. The van der Waals surface area contributed by atoms with Gasteiger partial charge < -0.3 is 0 Å². The summed E-state index contributed by atoms with van der Waals surface area (Å²) < 4.78 is 79.5. The summed E-state index contributed by atoms with van der Waals surface area (Å²) in [5.41, 5.74) is -0.137. The Hall–Kier alpha value is -2.12. The number of alkyl halides is 6. The summed E-state index contributed by atoms with van der Waals surface area (Å²) in [7, 11) is 0. The molecule has 2 heterocycles. The monoisotopic (exact) mass is 360 g/mol. The maximum atomic E-state index is 13.6. The smallest absolute Gasteiger partial charge is 0.276 e. The lowest BCUT2D eigenvalue weighted by Crippen LogP contribution is -2.35. The molecule has 1 aromatic rings. The van der Waals surface area contributed by atoms with Crippen molar-refractivity contribution in [3.63, 3.8) is 0 Å². The van der Waals surface area contributed by atoms with Crippen LogP contribution in [0.1, 0.15) is 43.4 Å². The highest BCUT2D eigenvalue weighted by atomic mass is 19.4. The molecule has 0 radical (unpaired) electrons. The molecule has 2 nitrogen and oxygen atoms in total. The van der Waals surface area contributed by atoms with E-state index in [0.29, 0.717) is 11.1 Å². The molecule has 0 aromatic heterocycles. The number of nitrogens with zero attached hydrogens (tertiary/aromatic N) is 2. The number of fused-ring (bicyclic) bond motifs is 2. The molecule has 0 amide bonds. The Morgan fingerprint density at radius 2 is 1.80 bits per heavy atom. The Labute approximate surface area is 139 Å². The summed E-state index contributed by atoms with van der Waals surface area (Å²) >= 11 is 0. The third kappa shape index (κ3) is 3.09. The molecule has 0 bridgehead atoms. The minimum Gasteiger partial charge on any atom is -0.276 e. The Balaban J connectivity index is 2.36. The number of hydrogen-bond acceptors (Lipinski definition) is 2. The molecule has 1 atom stereocenters. The average Bonchev–Trinajstić information content (AvgIpc) is 2.90. The van der Waals surface area contributed by atoms with Crippen molar-refractivity contribution >= 4 is 11.6 Å². The van der Waals surface area contributed by atoms with Gasteiger partial charge in [0.25, 0.3) is 0 Å². The van der Waals surface area contributed by atoms with Crippen molar-refractivity contribution in [3.05, 3.63) is 45.2 Å². The van der Waals surface area contributed by atoms with Crippen LogP contribution in [-0.2, 0) is 6.18 Å². The van der Waals surface area contributed by atoms with Crippen molar-refractivity contribution in [2.24, 2.45) is 9.98 Å². The molecule has 0 N–H and O–H groups in total. The van der Waals surface area contributed by atoms with Gasteiger partial charge in [-0.15, -0.1) is 0 Å². The molecule has 0 saturated carbocycles. The highest BCUT2D eigenvalue weighted by Gasteiger charge is 2.40. The minimum atomic E-state index is -4.74. The van der Waals surface area contributed by atoms with Crippen LogP contribution >= 0.6 is 0 Å². The largest absolute Gasteiger partial charge is 0.419 e. The van der Waals surface area contributed by atoms with E-state index >= 15 is 0 Å². The molecule has 25 heavy (non-hydrogen) atoms. The molecule has 8 heteroatoms. The van der Waals surface area contributed by atoms with E-state index in [-0.39, 0.29) is 22.9 Å². The fraction of sp³-hybridized carbons (Fsp3) is 0.412. The SMILES string of the molecule is CCC1=C(C)c2cc3c(c(C(F)(F)F)c2=NC1CC(F)(F)F)C=CN=3. The van der Waals surface area contributed by atoms with Gasteiger partial charge in [0.1, 0.15) is 0 Å². The van der Waals surface area contributed by atoms with Gasteiger partial charge in [-0.05, 0) is 36.6 Å². The first-order valence-electron chi connectivity index (χ1n) is 7.66. The van der Waals surface area contributed by atoms with Crippen molar-refractivity contribution in [3.8, 4) is 0 Å². The molecule has 2 aliphatic heterocycles. The predicted octanol–water partition coefficient (Wildman–Crippen LogP) is 4.45. The molecule has 0 fully saturated rings. The number of benzene rings is 1. The zero-order valence-corrected chi connectivity index (χ0v) is 13.4. The van der Waals surface area contributed by atoms with Crippen molar-refractivity contribution in [1.82, 2.24) is 0 Å². The quantitative estimate of drug-likeness (QED) is 0.697. The molecule has 1 aromatic carbocycles. The first kappa shape index (κ1) is 17.7. The van der Waals surface area contributed by atoms with Crippen molar-refractivity contribution < 1.29 is 26.3 Å². The van der Waals surface area contributed by atoms with E-state index < -0.39 is 35.7 Å². The van der Waals surface area contributed by atoms with Crippen LogP contribution in [0.3, 0.4) is 0 Å². The van der Waals surface area contributed by atoms with E-state index in [9.17, 15) is 26.3 Å². The molecule has 0 spiro atoms. The first-order chi connectivity index (χ1) is 11.5. The number of halogens is 6. The van der Waals surface area contributed by atoms with E-state index in [1.165, 1.54) is 18.3 Å². The maximum absolute atomic E-state index is 13.6. The van der Waals surface area contributed by atoms with Crippen LogP contribution in [0.15, 0.2) is 27.8 Å². The van der Waals surface area contributed by atoms with Crippen LogP contribution in [0.25, 0.3) is 11.6 Å². The summed E-state index contributed by atoms with van der Waals surface area (Å²) in [6.45, 7) is 3.22. The van der Waals surface area contributed by atoms with Gasteiger partial charge in [-0.2, -0.15) is 26.3 Å². The van der Waals surface area contributed by atoms with Crippen LogP contribution < -0.4 is 10.7 Å². The summed E-state index contributed by atoms with van der Waals surface area (Å²) in [6.07, 6.45) is -7.79. The Kier molecular flexibility index (Phi) is 4.04. The lowest BCUT2D eigenvalue weighted by molar-refractivity contribution is -0.139. The summed E-state index contributed by atoms with van der Waals surface area (Å²) in [6, 6.07) is 0.136. The average molecular weight is 360 g/mol. The number of rotatable bonds is 2. The predicted molar refractivity (Wildman–Crippen MR) is 80.1 cm³/mol. The second-order valence-electron chi connectivity index (χ2n) is 5.99. The van der Waals surface area contributed by atoms with E-state index in [2.05, 4.69) is 9.98 Å². The van der Waals surface area contributed by atoms with Crippen LogP contribution in [0.5, 0.6) is 0 Å². The van der Waals surface area contributed by atoms with E-state index in [4.69, 9.17) is 0 Å². The number of hydrogen-bond donors (Lipinski definition) is 0. The fourth-order valence-corrected chi connectivity index (χ4v) is 3.39. The lowest BCUT2D eigenvalue weighted by atomic mass is 9.87. The molecule has 0 saturated heterocycles. The van der Waals surface area contributed by atoms with E-state index in [0.717, 1.165) is 0 Å². The standard InChI is InChI=1S/C17H14F6N2/c1-3-9-8(2)11-6-12-10(4-5-24-12)14(17(21,22)23)15(11)25-13(9)7-16(18,19)20/h4-6,13H,3,7H2,1-2H3. The number of allylic oxidation sites excluding steroid dienone is 1. The van der Waals surface area contributed by atoms with Crippen LogP contribution in [-0.4, -0.2) is 12.2 Å². The van der Waals surface area contributed by atoms with Gasteiger partial charge in [-0.25, -0.2) is 0 Å². The molecule has 0 aliphatic carbocycles. The molecule has 2 aliphatic rings. The third-order valence-electron chi connectivity index (χ3n) is 4.44. The second kappa shape index (κ2) is 5.71. The zero-order chi connectivity index (χ0) is 18.6. The molecule has 3 rings (SSSR count). The van der Waals surface area contributed by atoms with Gasteiger partial charge in [0.05, 0.1) is 28.7 Å². The van der Waals surface area contributed by atoms with Crippen LogP contribution in [0, 0.1) is 0 Å². The van der Waals surface area contributed by atoms with Gasteiger partial charge in [-0.3, -0.25) is 9.98 Å². The normalized spacial score (nSPS) is 19.4. The van der Waals surface area contributed by atoms with Crippen molar-refractivity contribution in [1.29, 1.82) is 0 Å². The van der Waals surface area contributed by atoms with Crippen molar-refractivity contribution in [2.75, 3.05) is 0 Å². The Morgan fingerprint density at radius 3 is 2.36 bits per heavy atom. The topological polar surface area (TPSA) is 24.7 Å². The molecule has 1 unspecified atom stereocenters. The highest BCUT2D eigenvalue weighted by molar-refractivity contribution is 5.72. The minimum absolute atomic E-state index is 0.145. The fourth-order valence-electron chi connectivity index (χ4n) is 3.39. The van der Waals surface area contributed by atoms with Gasteiger partial charge in [-0.1, -0.05) is 6.92 Å². The van der Waals surface area contributed by atoms with Gasteiger partial charge >= 0.3 is 12.4 Å². The van der Waals surface area contributed by atoms with E-state index in [1.807, 2.05) is 0 Å². The maximum Gasteiger partial charge on any atom is 0.419 e. The first-order valence-corrected chi connectivity index (χ1v) is 7.66. The summed E-state index contributed by atoms with van der Waals surface area (Å²) in [5, 5.41) is -0.262. The molecule has 134 valence electrons. The Bertz CT molecular complexity index is 903. The Morgan fingerprint density at radius 1 is 1.12 bits per heavy atom. The van der Waals surface area contributed by atoms with E-state index in [1.54, 1.807) is 13.8 Å². The molecular weight excluding hydrogens is 346 g/mol. The molecular formula is C17H14F6N2. The van der Waals surface area contributed by atoms with Crippen LogP contribution in [0.4, 0.5) is 26.3 Å². The van der Waals surface area contributed by atoms with Gasteiger partial charge in [0.15, 0.2) is 0 Å². The van der Waals surface area contributed by atoms with Crippen LogP contribution in [0.2, 0.25) is 0 Å². The van der Waals surface area contributed by atoms with Gasteiger partial charge in [0, 0.05) is 17.3 Å². The highest BCUT2D eigenvalue weighted by Crippen LogP contribution is 2.36.